The SMILES string of the molecule is Cc1ccc(NC(=O)CCC(=O)NN=Cc2sccc2C)cc1C. The predicted octanol–water partition coefficient (Wildman–Crippen LogP) is 3.54. The van der Waals surface area contributed by atoms with E-state index >= 15 is 0 Å². The number of amides is 2. The van der Waals surface area contributed by atoms with Gasteiger partial charge in [0.15, 0.2) is 0 Å². The topological polar surface area (TPSA) is 70.6 Å². The van der Waals surface area contributed by atoms with Crippen LogP contribution in [0.4, 0.5) is 5.69 Å². The van der Waals surface area contributed by atoms with Crippen LogP contribution in [-0.2, 0) is 9.59 Å². The number of anilines is 1. The molecule has 0 radical (unpaired) electrons. The summed E-state index contributed by atoms with van der Waals surface area (Å²) < 4.78 is 0. The van der Waals surface area contributed by atoms with Crippen LogP contribution in [0.25, 0.3) is 0 Å². The number of hydrazone groups is 1. The zero-order valence-corrected chi connectivity index (χ0v) is 14.9. The van der Waals surface area contributed by atoms with Crippen molar-refractivity contribution in [2.75, 3.05) is 5.32 Å². The molecular weight excluding hydrogens is 322 g/mol. The van der Waals surface area contributed by atoms with Gasteiger partial charge in [0.2, 0.25) is 11.8 Å². The number of nitrogens with zero attached hydrogens (tertiary/aromatic N) is 1. The number of rotatable bonds is 6. The predicted molar refractivity (Wildman–Crippen MR) is 98.6 cm³/mol. The maximum absolute atomic E-state index is 11.9. The van der Waals surface area contributed by atoms with Gasteiger partial charge in [0.05, 0.1) is 6.21 Å². The molecule has 0 atom stereocenters. The van der Waals surface area contributed by atoms with Crippen LogP contribution in [0.2, 0.25) is 0 Å². The molecule has 2 amide bonds. The van der Waals surface area contributed by atoms with E-state index in [2.05, 4.69) is 15.8 Å². The van der Waals surface area contributed by atoms with Gasteiger partial charge < -0.3 is 5.32 Å². The molecule has 0 saturated heterocycles. The fraction of sp³-hybridized carbons (Fsp3) is 0.278. The van der Waals surface area contributed by atoms with Gasteiger partial charge in [0, 0.05) is 23.4 Å². The number of aryl methyl sites for hydroxylation is 3. The average molecular weight is 343 g/mol. The van der Waals surface area contributed by atoms with Crippen LogP contribution in [0.15, 0.2) is 34.7 Å². The summed E-state index contributed by atoms with van der Waals surface area (Å²) in [5.41, 5.74) is 6.59. The second-order valence-electron chi connectivity index (χ2n) is 5.61. The Bertz CT molecular complexity index is 765. The molecule has 0 spiro atoms. The average Bonchev–Trinajstić information content (AvgIpc) is 2.94. The Morgan fingerprint density at radius 2 is 1.79 bits per heavy atom. The summed E-state index contributed by atoms with van der Waals surface area (Å²) in [7, 11) is 0. The van der Waals surface area contributed by atoms with Crippen LogP contribution < -0.4 is 10.7 Å². The van der Waals surface area contributed by atoms with Crippen LogP contribution in [0.3, 0.4) is 0 Å². The van der Waals surface area contributed by atoms with Crippen molar-refractivity contribution in [1.29, 1.82) is 0 Å². The van der Waals surface area contributed by atoms with E-state index in [1.165, 1.54) is 5.56 Å². The molecule has 126 valence electrons. The number of hydrogen-bond donors (Lipinski definition) is 2. The molecule has 0 bridgehead atoms. The summed E-state index contributed by atoms with van der Waals surface area (Å²) in [5.74, 6) is -0.470. The van der Waals surface area contributed by atoms with Crippen molar-refractivity contribution in [3.05, 3.63) is 51.2 Å². The quantitative estimate of drug-likeness (QED) is 0.622. The molecule has 2 aromatic rings. The summed E-state index contributed by atoms with van der Waals surface area (Å²) in [6.07, 6.45) is 1.83. The molecule has 1 aromatic carbocycles. The van der Waals surface area contributed by atoms with Crippen molar-refractivity contribution < 1.29 is 9.59 Å². The summed E-state index contributed by atoms with van der Waals surface area (Å²) in [4.78, 5) is 24.6. The molecule has 0 unspecified atom stereocenters. The maximum atomic E-state index is 11.9. The molecule has 1 heterocycles. The van der Waals surface area contributed by atoms with Gasteiger partial charge in [0.25, 0.3) is 0 Å². The summed E-state index contributed by atoms with van der Waals surface area (Å²) in [5, 5.41) is 8.68. The Hall–Kier alpha value is -2.47. The zero-order valence-electron chi connectivity index (χ0n) is 14.1. The molecule has 6 heteroatoms. The van der Waals surface area contributed by atoms with Gasteiger partial charge in [-0.1, -0.05) is 6.07 Å². The third-order valence-corrected chi connectivity index (χ3v) is 4.60. The highest BCUT2D eigenvalue weighted by atomic mass is 32.1. The van der Waals surface area contributed by atoms with Crippen molar-refractivity contribution in [2.24, 2.45) is 5.10 Å². The van der Waals surface area contributed by atoms with Crippen LogP contribution in [-0.4, -0.2) is 18.0 Å². The lowest BCUT2D eigenvalue weighted by molar-refractivity contribution is -0.124. The lowest BCUT2D eigenvalue weighted by Gasteiger charge is -2.07. The Morgan fingerprint density at radius 1 is 1.04 bits per heavy atom. The molecule has 0 aliphatic rings. The third-order valence-electron chi connectivity index (χ3n) is 3.64. The molecule has 0 saturated carbocycles. The first-order chi connectivity index (χ1) is 11.5. The van der Waals surface area contributed by atoms with E-state index in [9.17, 15) is 9.59 Å². The first kappa shape index (κ1) is 17.9. The molecule has 2 rings (SSSR count). The zero-order chi connectivity index (χ0) is 17.5. The lowest BCUT2D eigenvalue weighted by Crippen LogP contribution is -2.20. The largest absolute Gasteiger partial charge is 0.326 e. The Kier molecular flexibility index (Phi) is 6.26. The Morgan fingerprint density at radius 3 is 2.46 bits per heavy atom. The molecule has 24 heavy (non-hydrogen) atoms. The summed E-state index contributed by atoms with van der Waals surface area (Å²) in [6.45, 7) is 5.99. The molecule has 2 N–H and O–H groups in total. The minimum Gasteiger partial charge on any atom is -0.326 e. The number of thiophene rings is 1. The molecule has 0 fully saturated rings. The van der Waals surface area contributed by atoms with E-state index in [-0.39, 0.29) is 24.7 Å². The van der Waals surface area contributed by atoms with Gasteiger partial charge in [0.1, 0.15) is 0 Å². The van der Waals surface area contributed by atoms with E-state index in [0.717, 1.165) is 21.7 Å². The fourth-order valence-electron chi connectivity index (χ4n) is 2.01. The van der Waals surface area contributed by atoms with E-state index in [1.54, 1.807) is 17.6 Å². The van der Waals surface area contributed by atoms with Crippen LogP contribution >= 0.6 is 11.3 Å². The van der Waals surface area contributed by atoms with Crippen LogP contribution in [0.5, 0.6) is 0 Å². The first-order valence-corrected chi connectivity index (χ1v) is 8.57. The highest BCUT2D eigenvalue weighted by Gasteiger charge is 2.07. The fourth-order valence-corrected chi connectivity index (χ4v) is 2.79. The Balaban J connectivity index is 1.74. The number of carbonyl (C=O) groups excluding carboxylic acids is 2. The van der Waals surface area contributed by atoms with Gasteiger partial charge in [-0.3, -0.25) is 9.59 Å². The van der Waals surface area contributed by atoms with Crippen molar-refractivity contribution in [3.8, 4) is 0 Å². The minimum absolute atomic E-state index is 0.0947. The smallest absolute Gasteiger partial charge is 0.240 e. The highest BCUT2D eigenvalue weighted by molar-refractivity contribution is 7.11. The maximum Gasteiger partial charge on any atom is 0.240 e. The van der Waals surface area contributed by atoms with Gasteiger partial charge in [-0.15, -0.1) is 11.3 Å². The molecule has 5 nitrogen and oxygen atoms in total. The first-order valence-electron chi connectivity index (χ1n) is 7.69. The minimum atomic E-state index is -0.282. The van der Waals surface area contributed by atoms with E-state index in [0.29, 0.717) is 0 Å². The monoisotopic (exact) mass is 343 g/mol. The number of carbonyl (C=O) groups is 2. The molecule has 0 aliphatic heterocycles. The number of benzene rings is 1. The van der Waals surface area contributed by atoms with Crippen molar-refractivity contribution in [3.63, 3.8) is 0 Å². The molecular formula is C18H21N3O2S. The Labute approximate surface area is 145 Å². The third kappa shape index (κ3) is 5.31. The number of hydrogen-bond acceptors (Lipinski definition) is 4. The van der Waals surface area contributed by atoms with Gasteiger partial charge in [-0.2, -0.15) is 5.10 Å². The van der Waals surface area contributed by atoms with Gasteiger partial charge in [-0.25, -0.2) is 5.43 Å². The number of nitrogens with one attached hydrogen (secondary N) is 2. The summed E-state index contributed by atoms with van der Waals surface area (Å²) >= 11 is 1.56. The standard InChI is InChI=1S/C18H21N3O2S/c1-12-4-5-15(10-14(12)3)20-17(22)6-7-18(23)21-19-11-16-13(2)8-9-24-16/h4-5,8-11H,6-7H2,1-3H3,(H,20,22)(H,21,23). The summed E-state index contributed by atoms with van der Waals surface area (Å²) in [6, 6.07) is 7.72. The van der Waals surface area contributed by atoms with Crippen molar-refractivity contribution in [2.45, 2.75) is 33.6 Å². The van der Waals surface area contributed by atoms with E-state index < -0.39 is 0 Å². The van der Waals surface area contributed by atoms with Crippen LogP contribution in [0.1, 0.15) is 34.4 Å². The van der Waals surface area contributed by atoms with Gasteiger partial charge >= 0.3 is 0 Å². The normalized spacial score (nSPS) is 10.8. The van der Waals surface area contributed by atoms with Crippen molar-refractivity contribution in [1.82, 2.24) is 5.43 Å². The molecule has 1 aromatic heterocycles. The van der Waals surface area contributed by atoms with Crippen molar-refractivity contribution >= 4 is 35.1 Å². The van der Waals surface area contributed by atoms with E-state index in [4.69, 9.17) is 0 Å². The second-order valence-corrected chi connectivity index (χ2v) is 6.56. The van der Waals surface area contributed by atoms with Gasteiger partial charge in [-0.05, 0) is 61.0 Å². The van der Waals surface area contributed by atoms with Crippen LogP contribution in [0, 0.1) is 20.8 Å². The highest BCUT2D eigenvalue weighted by Crippen LogP contribution is 2.14. The molecule has 0 aliphatic carbocycles. The van der Waals surface area contributed by atoms with E-state index in [1.807, 2.05) is 50.4 Å². The lowest BCUT2D eigenvalue weighted by atomic mass is 10.1. The second kappa shape index (κ2) is 8.40.